The van der Waals surface area contributed by atoms with E-state index in [0.29, 0.717) is 21.3 Å². The standard InChI is InChI=1S/C12H15BrClNO2S2/c1-8-9(2)18-6-5-15(8)19(16,17)10-3-4-12(14)11(13)7-10/h3-4,7-9H,5-6H2,1-2H3. The Balaban J connectivity index is 2.38. The quantitative estimate of drug-likeness (QED) is 0.781. The van der Waals surface area contributed by atoms with E-state index in [2.05, 4.69) is 22.9 Å². The molecule has 2 unspecified atom stereocenters. The molecule has 0 spiro atoms. The number of sulfonamides is 1. The molecule has 1 saturated heterocycles. The summed E-state index contributed by atoms with van der Waals surface area (Å²) in [6.07, 6.45) is 0. The van der Waals surface area contributed by atoms with Gasteiger partial charge >= 0.3 is 0 Å². The van der Waals surface area contributed by atoms with Gasteiger partial charge in [-0.05, 0) is 41.1 Å². The summed E-state index contributed by atoms with van der Waals surface area (Å²) in [4.78, 5) is 0.287. The molecule has 1 aromatic rings. The minimum absolute atomic E-state index is 0.00166. The SMILES string of the molecule is CC1SCCN(S(=O)(=O)c2ccc(Cl)c(Br)c2)C1C. The van der Waals surface area contributed by atoms with E-state index in [1.165, 1.54) is 0 Å². The maximum atomic E-state index is 12.7. The summed E-state index contributed by atoms with van der Waals surface area (Å²) in [5.74, 6) is 0.833. The Labute approximate surface area is 131 Å². The van der Waals surface area contributed by atoms with Crippen molar-refractivity contribution in [3.05, 3.63) is 27.7 Å². The normalized spacial score (nSPS) is 25.5. The molecular formula is C12H15BrClNO2S2. The number of halogens is 2. The third-order valence-electron chi connectivity index (χ3n) is 3.32. The van der Waals surface area contributed by atoms with Gasteiger partial charge in [-0.3, -0.25) is 0 Å². The van der Waals surface area contributed by atoms with Gasteiger partial charge in [0.1, 0.15) is 0 Å². The van der Waals surface area contributed by atoms with Crippen molar-refractivity contribution in [2.45, 2.75) is 30.0 Å². The van der Waals surface area contributed by atoms with Crippen molar-refractivity contribution in [3.8, 4) is 0 Å². The molecule has 7 heteroatoms. The molecule has 2 rings (SSSR count). The minimum atomic E-state index is -3.45. The van der Waals surface area contributed by atoms with Crippen LogP contribution in [0.5, 0.6) is 0 Å². The smallest absolute Gasteiger partial charge is 0.207 e. The second-order valence-electron chi connectivity index (χ2n) is 4.51. The number of benzene rings is 1. The maximum absolute atomic E-state index is 12.7. The number of nitrogens with zero attached hydrogens (tertiary/aromatic N) is 1. The van der Waals surface area contributed by atoms with Crippen LogP contribution in [0.25, 0.3) is 0 Å². The molecule has 1 aromatic carbocycles. The van der Waals surface area contributed by atoms with Crippen LogP contribution in [0, 0.1) is 0 Å². The molecule has 1 fully saturated rings. The van der Waals surface area contributed by atoms with Gasteiger partial charge in [0.25, 0.3) is 0 Å². The van der Waals surface area contributed by atoms with E-state index < -0.39 is 10.0 Å². The monoisotopic (exact) mass is 383 g/mol. The average molecular weight is 385 g/mol. The van der Waals surface area contributed by atoms with Gasteiger partial charge in [-0.2, -0.15) is 16.1 Å². The first kappa shape index (κ1) is 15.6. The Hall–Kier alpha value is 0.250. The van der Waals surface area contributed by atoms with Gasteiger partial charge in [0.05, 0.1) is 9.92 Å². The van der Waals surface area contributed by atoms with Crippen molar-refractivity contribution < 1.29 is 8.42 Å². The number of hydrogen-bond donors (Lipinski definition) is 0. The highest BCUT2D eigenvalue weighted by Gasteiger charge is 2.35. The van der Waals surface area contributed by atoms with Gasteiger partial charge < -0.3 is 0 Å². The predicted octanol–water partition coefficient (Wildman–Crippen LogP) is 3.62. The Morgan fingerprint density at radius 1 is 1.42 bits per heavy atom. The Morgan fingerprint density at radius 3 is 2.74 bits per heavy atom. The highest BCUT2D eigenvalue weighted by Crippen LogP contribution is 2.31. The summed E-state index contributed by atoms with van der Waals surface area (Å²) >= 11 is 11.0. The first-order valence-corrected chi connectivity index (χ1v) is 9.58. The molecule has 0 amide bonds. The van der Waals surface area contributed by atoms with Crippen LogP contribution in [0.2, 0.25) is 5.02 Å². The molecule has 19 heavy (non-hydrogen) atoms. The van der Waals surface area contributed by atoms with E-state index in [9.17, 15) is 8.42 Å². The zero-order valence-electron chi connectivity index (χ0n) is 10.6. The van der Waals surface area contributed by atoms with Crippen LogP contribution in [-0.2, 0) is 10.0 Å². The van der Waals surface area contributed by atoms with E-state index in [1.54, 1.807) is 22.5 Å². The lowest BCUT2D eigenvalue weighted by Gasteiger charge is -2.36. The molecule has 0 bridgehead atoms. The fourth-order valence-electron chi connectivity index (χ4n) is 2.02. The highest BCUT2D eigenvalue weighted by atomic mass is 79.9. The van der Waals surface area contributed by atoms with Gasteiger partial charge in [0, 0.05) is 28.1 Å². The molecule has 0 aliphatic carbocycles. The first-order valence-electron chi connectivity index (χ1n) is 5.92. The molecule has 0 N–H and O–H groups in total. The van der Waals surface area contributed by atoms with Crippen LogP contribution in [0.3, 0.4) is 0 Å². The van der Waals surface area contributed by atoms with Crippen molar-refractivity contribution in [2.24, 2.45) is 0 Å². The Morgan fingerprint density at radius 2 is 2.11 bits per heavy atom. The van der Waals surface area contributed by atoms with Crippen molar-refractivity contribution in [3.63, 3.8) is 0 Å². The van der Waals surface area contributed by atoms with Crippen LogP contribution in [0.15, 0.2) is 27.6 Å². The lowest BCUT2D eigenvalue weighted by Crippen LogP contribution is -2.47. The van der Waals surface area contributed by atoms with Gasteiger partial charge in [-0.25, -0.2) is 8.42 Å². The summed E-state index contributed by atoms with van der Waals surface area (Å²) in [5, 5.41) is 0.814. The van der Waals surface area contributed by atoms with Crippen LogP contribution >= 0.6 is 39.3 Å². The largest absolute Gasteiger partial charge is 0.243 e. The van der Waals surface area contributed by atoms with Crippen molar-refractivity contribution in [1.82, 2.24) is 4.31 Å². The number of hydrogen-bond acceptors (Lipinski definition) is 3. The summed E-state index contributed by atoms with van der Waals surface area (Å²) in [7, 11) is -3.45. The van der Waals surface area contributed by atoms with Crippen LogP contribution in [-0.4, -0.2) is 36.3 Å². The van der Waals surface area contributed by atoms with Gasteiger partial charge in [0.15, 0.2) is 0 Å². The summed E-state index contributed by atoms with van der Waals surface area (Å²) in [6.45, 7) is 4.58. The van der Waals surface area contributed by atoms with E-state index in [-0.39, 0.29) is 10.9 Å². The zero-order chi connectivity index (χ0) is 14.2. The number of rotatable bonds is 2. The van der Waals surface area contributed by atoms with E-state index in [1.807, 2.05) is 18.7 Å². The third kappa shape index (κ3) is 3.13. The molecule has 0 radical (unpaired) electrons. The van der Waals surface area contributed by atoms with Gasteiger partial charge in [0.2, 0.25) is 10.0 Å². The fraction of sp³-hybridized carbons (Fsp3) is 0.500. The average Bonchev–Trinajstić information content (AvgIpc) is 2.35. The highest BCUT2D eigenvalue weighted by molar-refractivity contribution is 9.10. The molecular weight excluding hydrogens is 370 g/mol. The molecule has 3 nitrogen and oxygen atoms in total. The van der Waals surface area contributed by atoms with Crippen LogP contribution < -0.4 is 0 Å². The number of thioether (sulfide) groups is 1. The third-order valence-corrected chi connectivity index (χ3v) is 7.86. The topological polar surface area (TPSA) is 37.4 Å². The molecule has 106 valence electrons. The maximum Gasteiger partial charge on any atom is 0.243 e. The Bertz CT molecular complexity index is 579. The lowest BCUT2D eigenvalue weighted by atomic mass is 10.2. The predicted molar refractivity (Wildman–Crippen MR) is 84.4 cm³/mol. The van der Waals surface area contributed by atoms with E-state index >= 15 is 0 Å². The van der Waals surface area contributed by atoms with E-state index in [0.717, 1.165) is 5.75 Å². The minimum Gasteiger partial charge on any atom is -0.207 e. The van der Waals surface area contributed by atoms with Crippen LogP contribution in [0.1, 0.15) is 13.8 Å². The molecule has 1 aliphatic heterocycles. The summed E-state index contributed by atoms with van der Waals surface area (Å²) < 4.78 is 27.5. The van der Waals surface area contributed by atoms with E-state index in [4.69, 9.17) is 11.6 Å². The first-order chi connectivity index (χ1) is 8.84. The molecule has 1 heterocycles. The van der Waals surface area contributed by atoms with Gasteiger partial charge in [-0.15, -0.1) is 0 Å². The molecule has 0 saturated carbocycles. The van der Waals surface area contributed by atoms with Gasteiger partial charge in [-0.1, -0.05) is 18.5 Å². The van der Waals surface area contributed by atoms with Crippen molar-refractivity contribution in [1.29, 1.82) is 0 Å². The lowest BCUT2D eigenvalue weighted by molar-refractivity contribution is 0.340. The van der Waals surface area contributed by atoms with Crippen molar-refractivity contribution in [2.75, 3.05) is 12.3 Å². The van der Waals surface area contributed by atoms with Crippen LogP contribution in [0.4, 0.5) is 0 Å². The van der Waals surface area contributed by atoms with Crippen molar-refractivity contribution >= 4 is 49.3 Å². The molecule has 2 atom stereocenters. The zero-order valence-corrected chi connectivity index (χ0v) is 14.6. The fourth-order valence-corrected chi connectivity index (χ4v) is 5.69. The molecule has 0 aromatic heterocycles. The Kier molecular flexibility index (Phi) is 4.88. The summed E-state index contributed by atoms with van der Waals surface area (Å²) in [6, 6.07) is 4.72. The second-order valence-corrected chi connectivity index (χ2v) is 9.15. The summed E-state index contributed by atoms with van der Waals surface area (Å²) in [5.41, 5.74) is 0. The molecule has 1 aliphatic rings. The second kappa shape index (κ2) is 5.93.